The monoisotopic (exact) mass is 398 g/mol. The van der Waals surface area contributed by atoms with Crippen LogP contribution in [-0.2, 0) is 10.0 Å². The molecule has 7 nitrogen and oxygen atoms in total. The van der Waals surface area contributed by atoms with E-state index in [9.17, 15) is 13.2 Å². The average molecular weight is 399 g/mol. The Bertz CT molecular complexity index is 730. The van der Waals surface area contributed by atoms with Gasteiger partial charge in [0.2, 0.25) is 10.0 Å². The van der Waals surface area contributed by atoms with Gasteiger partial charge in [-0.25, -0.2) is 8.42 Å². The maximum absolute atomic E-state index is 12.7. The number of nitrogens with one attached hydrogen (secondary N) is 1. The van der Waals surface area contributed by atoms with E-state index in [4.69, 9.17) is 9.47 Å². The molecule has 0 radical (unpaired) electrons. The highest BCUT2D eigenvalue weighted by Crippen LogP contribution is 2.27. The van der Waals surface area contributed by atoms with Crippen molar-refractivity contribution in [3.8, 4) is 11.5 Å². The summed E-state index contributed by atoms with van der Waals surface area (Å²) in [6.45, 7) is 2.41. The van der Waals surface area contributed by atoms with Crippen molar-refractivity contribution < 1.29 is 22.7 Å². The van der Waals surface area contributed by atoms with Gasteiger partial charge in [-0.15, -0.1) is 0 Å². The second kappa shape index (κ2) is 9.94. The van der Waals surface area contributed by atoms with Gasteiger partial charge < -0.3 is 14.8 Å². The van der Waals surface area contributed by atoms with Crippen molar-refractivity contribution in [2.24, 2.45) is 0 Å². The molecule has 1 saturated carbocycles. The molecule has 27 heavy (non-hydrogen) atoms. The number of sulfonamides is 1. The van der Waals surface area contributed by atoms with Gasteiger partial charge in [-0.1, -0.05) is 26.2 Å². The summed E-state index contributed by atoms with van der Waals surface area (Å²) in [5.74, 6) is 0.540. The van der Waals surface area contributed by atoms with E-state index in [2.05, 4.69) is 5.32 Å². The van der Waals surface area contributed by atoms with Crippen molar-refractivity contribution in [2.75, 3.05) is 33.1 Å². The molecular formula is C19H30N2O5S. The van der Waals surface area contributed by atoms with Crippen molar-refractivity contribution in [3.05, 3.63) is 23.8 Å². The minimum Gasteiger partial charge on any atom is -0.493 e. The summed E-state index contributed by atoms with van der Waals surface area (Å²) in [5, 5.41) is 2.68. The first-order valence-electron chi connectivity index (χ1n) is 9.42. The number of amides is 1. The molecule has 0 unspecified atom stereocenters. The first-order valence-corrected chi connectivity index (χ1v) is 11.0. The molecule has 1 aliphatic carbocycles. The number of carbonyl (C=O) groups excluding carboxylic acids is 1. The van der Waals surface area contributed by atoms with Gasteiger partial charge in [0.25, 0.3) is 5.91 Å². The van der Waals surface area contributed by atoms with E-state index in [0.717, 1.165) is 25.7 Å². The number of methoxy groups -OCH3 is 2. The highest BCUT2D eigenvalue weighted by Gasteiger charge is 2.29. The van der Waals surface area contributed by atoms with Gasteiger partial charge in [-0.2, -0.15) is 4.31 Å². The minimum atomic E-state index is -3.40. The lowest BCUT2D eigenvalue weighted by atomic mass is 9.95. The molecule has 0 aromatic heterocycles. The van der Waals surface area contributed by atoms with E-state index in [0.29, 0.717) is 23.6 Å². The number of benzene rings is 1. The molecule has 1 amide bonds. The summed E-state index contributed by atoms with van der Waals surface area (Å²) in [4.78, 5) is 12.3. The zero-order valence-corrected chi connectivity index (χ0v) is 17.2. The van der Waals surface area contributed by atoms with E-state index in [-0.39, 0.29) is 24.2 Å². The third-order valence-electron chi connectivity index (χ3n) is 4.94. The fraction of sp³-hybridized carbons (Fsp3) is 0.632. The standard InChI is InChI=1S/C19H30N2O5S/c1-4-21(16-8-6-5-7-9-16)27(23,24)13-12-20-19(22)15-10-11-17(25-2)18(14-15)26-3/h10-11,14,16H,4-9,12-13H2,1-3H3,(H,20,22). The van der Waals surface area contributed by atoms with Crippen molar-refractivity contribution >= 4 is 15.9 Å². The number of hydrogen-bond donors (Lipinski definition) is 1. The molecule has 1 aromatic rings. The highest BCUT2D eigenvalue weighted by atomic mass is 32.2. The third kappa shape index (κ3) is 5.59. The summed E-state index contributed by atoms with van der Waals surface area (Å²) >= 11 is 0. The molecule has 0 aliphatic heterocycles. The lowest BCUT2D eigenvalue weighted by Crippen LogP contribution is -2.44. The smallest absolute Gasteiger partial charge is 0.251 e. The van der Waals surface area contributed by atoms with Crippen molar-refractivity contribution in [3.63, 3.8) is 0 Å². The Labute approximate surface area is 162 Å². The molecule has 1 aliphatic rings. The first-order chi connectivity index (χ1) is 12.9. The Balaban J connectivity index is 1.94. The van der Waals surface area contributed by atoms with Gasteiger partial charge in [0.05, 0.1) is 20.0 Å². The fourth-order valence-corrected chi connectivity index (χ4v) is 5.19. The molecular weight excluding hydrogens is 368 g/mol. The van der Waals surface area contributed by atoms with Crippen LogP contribution in [0.5, 0.6) is 11.5 Å². The van der Waals surface area contributed by atoms with Crippen LogP contribution in [0.3, 0.4) is 0 Å². The van der Waals surface area contributed by atoms with Crippen molar-refractivity contribution in [1.82, 2.24) is 9.62 Å². The number of hydrogen-bond acceptors (Lipinski definition) is 5. The van der Waals surface area contributed by atoms with Crippen LogP contribution in [0.25, 0.3) is 0 Å². The summed E-state index contributed by atoms with van der Waals surface area (Å²) in [5.41, 5.74) is 0.393. The lowest BCUT2D eigenvalue weighted by molar-refractivity contribution is 0.0955. The van der Waals surface area contributed by atoms with Gasteiger partial charge in [0.15, 0.2) is 11.5 Å². The summed E-state index contributed by atoms with van der Waals surface area (Å²) in [6, 6.07) is 4.93. The average Bonchev–Trinajstić information content (AvgIpc) is 2.68. The second-order valence-electron chi connectivity index (χ2n) is 6.64. The van der Waals surface area contributed by atoms with Crippen LogP contribution in [0, 0.1) is 0 Å². The van der Waals surface area contributed by atoms with Crippen LogP contribution >= 0.6 is 0 Å². The summed E-state index contributed by atoms with van der Waals surface area (Å²) < 4.78 is 37.4. The predicted molar refractivity (Wildman–Crippen MR) is 105 cm³/mol. The molecule has 0 spiro atoms. The normalized spacial score (nSPS) is 15.6. The summed E-state index contributed by atoms with van der Waals surface area (Å²) in [7, 11) is -0.381. The molecule has 1 fully saturated rings. The van der Waals surface area contributed by atoms with E-state index in [1.165, 1.54) is 20.6 Å². The Morgan fingerprint density at radius 1 is 1.15 bits per heavy atom. The number of carbonyl (C=O) groups is 1. The van der Waals surface area contributed by atoms with Crippen LogP contribution in [0.4, 0.5) is 0 Å². The number of ether oxygens (including phenoxy) is 2. The largest absolute Gasteiger partial charge is 0.493 e. The molecule has 0 bridgehead atoms. The van der Waals surface area contributed by atoms with Gasteiger partial charge in [0.1, 0.15) is 0 Å². The van der Waals surface area contributed by atoms with E-state index < -0.39 is 10.0 Å². The summed E-state index contributed by atoms with van der Waals surface area (Å²) in [6.07, 6.45) is 5.17. The lowest BCUT2D eigenvalue weighted by Gasteiger charge is -2.32. The van der Waals surface area contributed by atoms with Crippen LogP contribution < -0.4 is 14.8 Å². The minimum absolute atomic E-state index is 0.0682. The predicted octanol–water partition coefficient (Wildman–Crippen LogP) is 2.42. The Morgan fingerprint density at radius 3 is 2.41 bits per heavy atom. The molecule has 0 saturated heterocycles. The van der Waals surface area contributed by atoms with Crippen LogP contribution in [0.15, 0.2) is 18.2 Å². The van der Waals surface area contributed by atoms with Crippen LogP contribution in [-0.4, -0.2) is 57.7 Å². The second-order valence-corrected chi connectivity index (χ2v) is 8.68. The third-order valence-corrected chi connectivity index (χ3v) is 6.93. The molecule has 0 atom stereocenters. The molecule has 8 heteroatoms. The van der Waals surface area contributed by atoms with Gasteiger partial charge >= 0.3 is 0 Å². The van der Waals surface area contributed by atoms with E-state index in [1.807, 2.05) is 6.92 Å². The Morgan fingerprint density at radius 2 is 1.81 bits per heavy atom. The highest BCUT2D eigenvalue weighted by molar-refractivity contribution is 7.89. The molecule has 2 rings (SSSR count). The number of nitrogens with zero attached hydrogens (tertiary/aromatic N) is 1. The first kappa shape index (κ1) is 21.5. The zero-order valence-electron chi connectivity index (χ0n) is 16.4. The van der Waals surface area contributed by atoms with E-state index >= 15 is 0 Å². The topological polar surface area (TPSA) is 84.9 Å². The fourth-order valence-electron chi connectivity index (χ4n) is 3.54. The zero-order chi connectivity index (χ0) is 19.9. The SMILES string of the molecule is CCN(C1CCCCC1)S(=O)(=O)CCNC(=O)c1ccc(OC)c(OC)c1. The maximum Gasteiger partial charge on any atom is 0.251 e. The van der Waals surface area contributed by atoms with Gasteiger partial charge in [-0.3, -0.25) is 4.79 Å². The number of rotatable bonds is 9. The van der Waals surface area contributed by atoms with Crippen molar-refractivity contribution in [1.29, 1.82) is 0 Å². The van der Waals surface area contributed by atoms with Gasteiger partial charge in [-0.05, 0) is 31.0 Å². The Hall–Kier alpha value is -1.80. The van der Waals surface area contributed by atoms with Crippen LogP contribution in [0.2, 0.25) is 0 Å². The van der Waals surface area contributed by atoms with Crippen molar-refractivity contribution in [2.45, 2.75) is 45.1 Å². The molecule has 152 valence electrons. The molecule has 1 aromatic carbocycles. The Kier molecular flexibility index (Phi) is 7.91. The molecule has 1 N–H and O–H groups in total. The maximum atomic E-state index is 12.7. The van der Waals surface area contributed by atoms with Crippen LogP contribution in [0.1, 0.15) is 49.4 Å². The molecule has 0 heterocycles. The van der Waals surface area contributed by atoms with E-state index in [1.54, 1.807) is 22.5 Å². The quantitative estimate of drug-likeness (QED) is 0.690. The van der Waals surface area contributed by atoms with Gasteiger partial charge in [0, 0.05) is 24.7 Å².